The van der Waals surface area contributed by atoms with Gasteiger partial charge in [-0.2, -0.15) is 25.9 Å². The summed E-state index contributed by atoms with van der Waals surface area (Å²) in [6.45, 7) is 0.106. The molecule has 2 rings (SSSR count). The molecule has 1 saturated heterocycles. The first kappa shape index (κ1) is 17.2. The Kier molecular flexibility index (Phi) is 4.54. The van der Waals surface area contributed by atoms with Crippen LogP contribution in [-0.4, -0.2) is 32.4 Å². The molecule has 0 unspecified atom stereocenters. The molecule has 0 aliphatic carbocycles. The maximum absolute atomic E-state index is 12.8. The van der Waals surface area contributed by atoms with Crippen LogP contribution < -0.4 is 5.14 Å². The van der Waals surface area contributed by atoms with Crippen LogP contribution in [0.1, 0.15) is 24.0 Å². The van der Waals surface area contributed by atoms with Crippen LogP contribution in [0.25, 0.3) is 5.73 Å². The quantitative estimate of drug-likeness (QED) is 0.918. The third-order valence-corrected chi connectivity index (χ3v) is 5.26. The van der Waals surface area contributed by atoms with Gasteiger partial charge in [-0.25, -0.2) is 5.14 Å². The lowest BCUT2D eigenvalue weighted by atomic mass is 9.73. The van der Waals surface area contributed by atoms with E-state index in [2.05, 4.69) is 0 Å². The van der Waals surface area contributed by atoms with Gasteiger partial charge in [0.1, 0.15) is 0 Å². The van der Waals surface area contributed by atoms with Gasteiger partial charge in [-0.3, -0.25) is 0 Å². The third kappa shape index (κ3) is 3.43. The molecule has 1 heterocycles. The van der Waals surface area contributed by atoms with Crippen molar-refractivity contribution in [3.05, 3.63) is 41.1 Å². The van der Waals surface area contributed by atoms with E-state index in [1.165, 1.54) is 6.07 Å². The molecule has 5 nitrogen and oxygen atoms in total. The average Bonchev–Trinajstić information content (AvgIpc) is 2.45. The summed E-state index contributed by atoms with van der Waals surface area (Å²) in [6, 6.07) is 4.93. The molecule has 22 heavy (non-hydrogen) atoms. The summed E-state index contributed by atoms with van der Waals surface area (Å²) in [5, 5.41) is 5.06. The van der Waals surface area contributed by atoms with E-state index in [9.17, 15) is 21.6 Å². The highest BCUT2D eigenvalue weighted by atomic mass is 32.2. The molecule has 0 bridgehead atoms. The van der Waals surface area contributed by atoms with Crippen LogP contribution in [0.3, 0.4) is 0 Å². The molecule has 1 aliphatic heterocycles. The number of halogens is 3. The number of alkyl halides is 3. The van der Waals surface area contributed by atoms with Crippen LogP contribution in [0.5, 0.6) is 0 Å². The average molecular weight is 336 g/mol. The Bertz CT molecular complexity index is 638. The number of nitrogens with two attached hydrogens (primary N) is 1. The van der Waals surface area contributed by atoms with Crippen LogP contribution in [0.2, 0.25) is 0 Å². The van der Waals surface area contributed by atoms with Crippen molar-refractivity contribution in [3.63, 3.8) is 0 Å². The van der Waals surface area contributed by atoms with E-state index in [0.717, 1.165) is 16.4 Å². The fraction of sp³-hybridized carbons (Fsp3) is 0.538. The van der Waals surface area contributed by atoms with E-state index in [0.29, 0.717) is 5.56 Å². The second-order valence-corrected chi connectivity index (χ2v) is 7.03. The summed E-state index contributed by atoms with van der Waals surface area (Å²) in [7, 11) is -3.81. The monoisotopic (exact) mass is 336 g/mol. The van der Waals surface area contributed by atoms with Gasteiger partial charge in [-0.05, 0) is 29.9 Å². The number of hydrogen-bond acceptors (Lipinski definition) is 2. The minimum absolute atomic E-state index is 0.104. The lowest BCUT2D eigenvalue weighted by Crippen LogP contribution is -2.48. The van der Waals surface area contributed by atoms with Crippen LogP contribution in [-0.2, 0) is 21.8 Å². The minimum atomic E-state index is -4.44. The summed E-state index contributed by atoms with van der Waals surface area (Å²) in [6.07, 6.45) is -3.90. The van der Waals surface area contributed by atoms with E-state index in [1.54, 1.807) is 6.07 Å². The summed E-state index contributed by atoms with van der Waals surface area (Å²) in [4.78, 5) is 0. The Morgan fingerprint density at radius 3 is 2.32 bits per heavy atom. The molecule has 0 aromatic heterocycles. The third-order valence-electron chi connectivity index (χ3n) is 4.18. The molecular weight excluding hydrogens is 319 g/mol. The Morgan fingerprint density at radius 1 is 1.27 bits per heavy atom. The Hall–Kier alpha value is -1.16. The van der Waals surface area contributed by atoms with Crippen molar-refractivity contribution in [2.45, 2.75) is 24.4 Å². The lowest BCUT2D eigenvalue weighted by Gasteiger charge is -2.43. The van der Waals surface area contributed by atoms with Crippen LogP contribution >= 0.6 is 0 Å². The number of nitrogens with zero attached hydrogens (tertiary/aromatic N) is 1. The normalized spacial score (nSPS) is 20.0. The van der Waals surface area contributed by atoms with E-state index in [4.69, 9.17) is 10.9 Å². The number of piperidine rings is 1. The van der Waals surface area contributed by atoms with Crippen molar-refractivity contribution >= 4 is 10.2 Å². The molecule has 1 aliphatic rings. The highest BCUT2D eigenvalue weighted by molar-refractivity contribution is 7.86. The zero-order valence-corrected chi connectivity index (χ0v) is 12.5. The van der Waals surface area contributed by atoms with Crippen molar-refractivity contribution < 1.29 is 21.6 Å². The second-order valence-electron chi connectivity index (χ2n) is 5.48. The maximum Gasteiger partial charge on any atom is 0.416 e. The summed E-state index contributed by atoms with van der Waals surface area (Å²) >= 11 is 0. The first-order valence-electron chi connectivity index (χ1n) is 6.69. The summed E-state index contributed by atoms with van der Waals surface area (Å²) < 4.78 is 62.2. The molecule has 0 radical (unpaired) electrons. The van der Waals surface area contributed by atoms with Gasteiger partial charge >= 0.3 is 6.18 Å². The van der Waals surface area contributed by atoms with Gasteiger partial charge in [0.05, 0.1) is 5.56 Å². The zero-order valence-electron chi connectivity index (χ0n) is 11.7. The molecule has 0 saturated carbocycles. The Morgan fingerprint density at radius 2 is 1.86 bits per heavy atom. The molecule has 1 aromatic rings. The molecule has 1 aromatic carbocycles. The number of hydrogen-bond donors (Lipinski definition) is 1. The van der Waals surface area contributed by atoms with Crippen molar-refractivity contribution in [1.29, 1.82) is 0 Å². The van der Waals surface area contributed by atoms with Gasteiger partial charge < -0.3 is 5.73 Å². The molecule has 9 heteroatoms. The Balaban J connectivity index is 2.30. The van der Waals surface area contributed by atoms with E-state index < -0.39 is 27.4 Å². The maximum atomic E-state index is 12.8. The van der Waals surface area contributed by atoms with Crippen LogP contribution in [0, 0.1) is 0 Å². The van der Waals surface area contributed by atoms with Crippen molar-refractivity contribution in [1.82, 2.24) is 4.31 Å². The van der Waals surface area contributed by atoms with Crippen molar-refractivity contribution in [2.75, 3.05) is 19.6 Å². The predicted octanol–water partition coefficient (Wildman–Crippen LogP) is 2.29. The molecule has 1 fully saturated rings. The first-order valence-corrected chi connectivity index (χ1v) is 8.19. The van der Waals surface area contributed by atoms with E-state index in [-0.39, 0.29) is 32.5 Å². The van der Waals surface area contributed by atoms with Crippen LogP contribution in [0.4, 0.5) is 13.2 Å². The molecule has 0 atom stereocenters. The zero-order chi connectivity index (χ0) is 16.6. The second kappa shape index (κ2) is 5.80. The topological polar surface area (TPSA) is 87.2 Å². The SMILES string of the molecule is [NH-]CC1(c2cccc(C(F)(F)F)c2)CCN(S(N)(=O)=O)CC1. The number of rotatable bonds is 3. The molecular formula is C13H17F3N3O2S-. The molecule has 0 amide bonds. The van der Waals surface area contributed by atoms with Gasteiger partial charge in [-0.1, -0.05) is 18.2 Å². The van der Waals surface area contributed by atoms with Gasteiger partial charge in [0.25, 0.3) is 10.2 Å². The fourth-order valence-electron chi connectivity index (χ4n) is 2.76. The van der Waals surface area contributed by atoms with Gasteiger partial charge in [0.2, 0.25) is 0 Å². The summed E-state index contributed by atoms with van der Waals surface area (Å²) in [5.41, 5.74) is 6.64. The molecule has 0 spiro atoms. The smallest absolute Gasteiger partial charge is 0.416 e. The van der Waals surface area contributed by atoms with Gasteiger partial charge in [-0.15, -0.1) is 6.54 Å². The standard InChI is InChI=1S/C13H17F3N3O2S/c14-13(15,16)11-3-1-2-10(8-11)12(9-17)4-6-19(7-5-12)22(18,20)21/h1-3,8,17H,4-7,9H2,(H2,18,20,21)/q-1. The predicted molar refractivity (Wildman–Crippen MR) is 76.2 cm³/mol. The fourth-order valence-corrected chi connectivity index (χ4v) is 3.45. The highest BCUT2D eigenvalue weighted by Crippen LogP contribution is 2.39. The summed E-state index contributed by atoms with van der Waals surface area (Å²) in [5.74, 6) is 0. The molecule has 124 valence electrons. The van der Waals surface area contributed by atoms with Crippen molar-refractivity contribution in [2.24, 2.45) is 5.14 Å². The van der Waals surface area contributed by atoms with Gasteiger partial charge in [0, 0.05) is 13.1 Å². The van der Waals surface area contributed by atoms with E-state index in [1.807, 2.05) is 0 Å². The number of nitrogens with one attached hydrogen (secondary N) is 1. The largest absolute Gasteiger partial charge is 0.677 e. The first-order chi connectivity index (χ1) is 10.1. The van der Waals surface area contributed by atoms with Crippen molar-refractivity contribution in [3.8, 4) is 0 Å². The minimum Gasteiger partial charge on any atom is -0.677 e. The van der Waals surface area contributed by atoms with Crippen LogP contribution in [0.15, 0.2) is 24.3 Å². The Labute approximate surface area is 127 Å². The molecule has 3 N–H and O–H groups in total. The highest BCUT2D eigenvalue weighted by Gasteiger charge is 2.37. The lowest BCUT2D eigenvalue weighted by molar-refractivity contribution is -0.137. The number of benzene rings is 1. The van der Waals surface area contributed by atoms with E-state index >= 15 is 0 Å². The van der Waals surface area contributed by atoms with Gasteiger partial charge in [0.15, 0.2) is 0 Å².